The fraction of sp³-hybridized carbons (Fsp3) is 0.818. The van der Waals surface area contributed by atoms with Crippen LogP contribution in [-0.4, -0.2) is 50.6 Å². The van der Waals surface area contributed by atoms with Crippen molar-refractivity contribution in [2.45, 2.75) is 19.3 Å². The molecule has 0 aromatic carbocycles. The van der Waals surface area contributed by atoms with Crippen LogP contribution in [0.2, 0.25) is 0 Å². The van der Waals surface area contributed by atoms with E-state index in [0.717, 1.165) is 19.1 Å². The zero-order valence-electron chi connectivity index (χ0n) is 10.9. The van der Waals surface area contributed by atoms with Gasteiger partial charge in [-0.15, -0.1) is 0 Å². The number of sulfone groups is 1. The maximum absolute atomic E-state index is 11.4. The molecule has 1 saturated carbocycles. The number of urea groups is 1. The monoisotopic (exact) mass is 292 g/mol. The Morgan fingerprint density at radius 3 is 2.53 bits per heavy atom. The Kier molecular flexibility index (Phi) is 5.59. The maximum atomic E-state index is 11.4. The van der Waals surface area contributed by atoms with Crippen LogP contribution in [0.5, 0.6) is 0 Å². The third-order valence-electron chi connectivity index (χ3n) is 3.26. The smallest absolute Gasteiger partial charge is 0.314 e. The Balaban J connectivity index is 2.25. The van der Waals surface area contributed by atoms with Gasteiger partial charge in [0.05, 0.1) is 11.7 Å². The first-order valence-electron chi connectivity index (χ1n) is 6.22. The Morgan fingerprint density at radius 1 is 1.26 bits per heavy atom. The first-order chi connectivity index (χ1) is 8.79. The van der Waals surface area contributed by atoms with E-state index in [9.17, 15) is 18.0 Å². The minimum absolute atomic E-state index is 0.0434. The van der Waals surface area contributed by atoms with E-state index in [1.807, 2.05) is 0 Å². The van der Waals surface area contributed by atoms with Crippen LogP contribution in [0.4, 0.5) is 4.79 Å². The van der Waals surface area contributed by atoms with Crippen LogP contribution in [0.1, 0.15) is 19.3 Å². The van der Waals surface area contributed by atoms with Gasteiger partial charge in [0.25, 0.3) is 0 Å². The van der Waals surface area contributed by atoms with Crippen molar-refractivity contribution in [3.05, 3.63) is 0 Å². The molecule has 1 rings (SSSR count). The summed E-state index contributed by atoms with van der Waals surface area (Å²) >= 11 is 0. The molecule has 0 aliphatic heterocycles. The number of rotatable bonds is 6. The fourth-order valence-electron chi connectivity index (χ4n) is 2.24. The number of aliphatic carboxylic acids is 1. The van der Waals surface area contributed by atoms with Gasteiger partial charge in [0, 0.05) is 19.3 Å². The summed E-state index contributed by atoms with van der Waals surface area (Å²) in [6.07, 6.45) is 3.40. The second-order valence-electron chi connectivity index (χ2n) is 4.90. The predicted molar refractivity (Wildman–Crippen MR) is 69.6 cm³/mol. The average molecular weight is 292 g/mol. The largest absolute Gasteiger partial charge is 0.481 e. The Hall–Kier alpha value is -1.31. The summed E-state index contributed by atoms with van der Waals surface area (Å²) in [5, 5.41) is 14.0. The van der Waals surface area contributed by atoms with E-state index in [2.05, 4.69) is 10.6 Å². The van der Waals surface area contributed by atoms with Gasteiger partial charge in [-0.3, -0.25) is 4.79 Å². The lowest BCUT2D eigenvalue weighted by Gasteiger charge is -2.16. The Labute approximate surface area is 112 Å². The molecule has 1 fully saturated rings. The van der Waals surface area contributed by atoms with Crippen LogP contribution in [0.25, 0.3) is 0 Å². The molecular weight excluding hydrogens is 272 g/mol. The minimum Gasteiger partial charge on any atom is -0.481 e. The lowest BCUT2D eigenvalue weighted by Crippen LogP contribution is -2.41. The first kappa shape index (κ1) is 15.7. The summed E-state index contributed by atoms with van der Waals surface area (Å²) < 4.78 is 21.7. The number of carboxylic acids is 1. The van der Waals surface area contributed by atoms with E-state index in [-0.39, 0.29) is 18.2 Å². The van der Waals surface area contributed by atoms with Crippen LogP contribution in [0.15, 0.2) is 0 Å². The molecule has 2 unspecified atom stereocenters. The summed E-state index contributed by atoms with van der Waals surface area (Å²) in [4.78, 5) is 22.3. The molecule has 0 bridgehead atoms. The number of hydrogen-bond acceptors (Lipinski definition) is 4. The second kappa shape index (κ2) is 6.74. The number of nitrogens with one attached hydrogen (secondary N) is 2. The molecule has 3 N–H and O–H groups in total. The van der Waals surface area contributed by atoms with Crippen LogP contribution >= 0.6 is 0 Å². The normalized spacial score (nSPS) is 23.0. The van der Waals surface area contributed by atoms with Crippen molar-refractivity contribution in [1.82, 2.24) is 10.6 Å². The third kappa shape index (κ3) is 5.91. The zero-order valence-corrected chi connectivity index (χ0v) is 11.7. The van der Waals surface area contributed by atoms with Gasteiger partial charge in [-0.05, 0) is 18.8 Å². The molecule has 1 aliphatic rings. The SMILES string of the molecule is CS(=O)(=O)CCNC(=O)NCC1CCCC1C(=O)O. The lowest BCUT2D eigenvalue weighted by atomic mass is 9.96. The molecule has 2 amide bonds. The zero-order chi connectivity index (χ0) is 14.5. The number of amides is 2. The van der Waals surface area contributed by atoms with Gasteiger partial charge in [-0.2, -0.15) is 0 Å². The van der Waals surface area contributed by atoms with Gasteiger partial charge in [0.15, 0.2) is 0 Å². The van der Waals surface area contributed by atoms with Crippen molar-refractivity contribution < 1.29 is 23.1 Å². The van der Waals surface area contributed by atoms with Crippen LogP contribution < -0.4 is 10.6 Å². The molecule has 0 aromatic rings. The maximum Gasteiger partial charge on any atom is 0.314 e. The highest BCUT2D eigenvalue weighted by molar-refractivity contribution is 7.90. The molecule has 7 nitrogen and oxygen atoms in total. The summed E-state index contributed by atoms with van der Waals surface area (Å²) in [5.74, 6) is -1.36. The standard InChI is InChI=1S/C11H20N2O5S/c1-19(17,18)6-5-12-11(16)13-7-8-3-2-4-9(8)10(14)15/h8-9H,2-7H2,1H3,(H,14,15)(H2,12,13,16). The van der Waals surface area contributed by atoms with Crippen molar-refractivity contribution >= 4 is 21.8 Å². The van der Waals surface area contributed by atoms with E-state index < -0.39 is 27.8 Å². The van der Waals surface area contributed by atoms with Gasteiger partial charge in [0.1, 0.15) is 9.84 Å². The molecule has 2 atom stereocenters. The summed E-state index contributed by atoms with van der Waals surface area (Å²) in [6.45, 7) is 0.360. The molecule has 0 radical (unpaired) electrons. The van der Waals surface area contributed by atoms with Crippen molar-refractivity contribution in [3.63, 3.8) is 0 Å². The molecular formula is C11H20N2O5S. The minimum atomic E-state index is -3.09. The number of carbonyl (C=O) groups excluding carboxylic acids is 1. The number of carbonyl (C=O) groups is 2. The first-order valence-corrected chi connectivity index (χ1v) is 8.28. The van der Waals surface area contributed by atoms with Crippen molar-refractivity contribution in [3.8, 4) is 0 Å². The van der Waals surface area contributed by atoms with E-state index in [1.54, 1.807) is 0 Å². The molecule has 0 spiro atoms. The van der Waals surface area contributed by atoms with Gasteiger partial charge >= 0.3 is 12.0 Å². The molecule has 8 heteroatoms. The summed E-state index contributed by atoms with van der Waals surface area (Å²) in [5.41, 5.74) is 0. The third-order valence-corrected chi connectivity index (χ3v) is 4.21. The number of hydrogen-bond donors (Lipinski definition) is 3. The van der Waals surface area contributed by atoms with Gasteiger partial charge in [0.2, 0.25) is 0 Å². The van der Waals surface area contributed by atoms with Gasteiger partial charge in [-0.1, -0.05) is 6.42 Å². The van der Waals surface area contributed by atoms with Crippen LogP contribution in [0.3, 0.4) is 0 Å². The highest BCUT2D eigenvalue weighted by Crippen LogP contribution is 2.31. The van der Waals surface area contributed by atoms with Crippen molar-refractivity contribution in [1.29, 1.82) is 0 Å². The van der Waals surface area contributed by atoms with Crippen molar-refractivity contribution in [2.75, 3.05) is 25.1 Å². The summed E-state index contributed by atoms with van der Waals surface area (Å²) in [6, 6.07) is -0.459. The predicted octanol–water partition coefficient (Wildman–Crippen LogP) is -0.169. The topological polar surface area (TPSA) is 113 Å². The average Bonchev–Trinajstić information content (AvgIpc) is 2.72. The lowest BCUT2D eigenvalue weighted by molar-refractivity contribution is -0.142. The summed E-state index contributed by atoms with van der Waals surface area (Å²) in [7, 11) is -3.09. The molecule has 1 aliphatic carbocycles. The molecule has 19 heavy (non-hydrogen) atoms. The van der Waals surface area contributed by atoms with Gasteiger partial charge < -0.3 is 15.7 Å². The Bertz CT molecular complexity index is 434. The quantitative estimate of drug-likeness (QED) is 0.629. The van der Waals surface area contributed by atoms with E-state index in [4.69, 9.17) is 5.11 Å². The molecule has 0 heterocycles. The highest BCUT2D eigenvalue weighted by atomic mass is 32.2. The van der Waals surface area contributed by atoms with E-state index in [0.29, 0.717) is 13.0 Å². The Morgan fingerprint density at radius 2 is 1.95 bits per heavy atom. The fourth-order valence-corrected chi connectivity index (χ4v) is 2.72. The number of carboxylic acid groups (broad SMARTS) is 1. The van der Waals surface area contributed by atoms with E-state index >= 15 is 0 Å². The molecule has 110 valence electrons. The highest BCUT2D eigenvalue weighted by Gasteiger charge is 2.32. The van der Waals surface area contributed by atoms with Crippen LogP contribution in [0, 0.1) is 11.8 Å². The molecule has 0 aromatic heterocycles. The van der Waals surface area contributed by atoms with E-state index in [1.165, 1.54) is 0 Å². The molecule has 0 saturated heterocycles. The van der Waals surface area contributed by atoms with Gasteiger partial charge in [-0.25, -0.2) is 13.2 Å². The van der Waals surface area contributed by atoms with Crippen molar-refractivity contribution in [2.24, 2.45) is 11.8 Å². The van der Waals surface area contributed by atoms with Crippen LogP contribution in [-0.2, 0) is 14.6 Å². The second-order valence-corrected chi connectivity index (χ2v) is 7.16.